The molecule has 0 heterocycles. The maximum absolute atomic E-state index is 4.94. The quantitative estimate of drug-likeness (QED) is 0.113. The summed E-state index contributed by atoms with van der Waals surface area (Å²) in [5, 5.41) is 0. The van der Waals surface area contributed by atoms with Gasteiger partial charge in [-0.15, -0.1) is 0 Å². The van der Waals surface area contributed by atoms with E-state index < -0.39 is 0 Å². The molecule has 0 aliphatic heterocycles. The standard InChI is InChI=1S/C37H42N2.ClH.Ni/c1-5-8-16-31-22-23-33(25-36(31)29-18-12-10-13-19-29)39-28(4)27-38-34-24-32(17-9-6-2)35(7-3)37(26-34)30-20-14-11-15-21-30;;/h10-15,18-27H,5-9,16-17H2,1-4H3;1H;/q;;+1/p-1. The first-order valence-electron chi connectivity index (χ1n) is 14.7. The van der Waals surface area contributed by atoms with Gasteiger partial charge in [-0.2, -0.15) is 0 Å². The number of rotatable bonds is 12. The first kappa shape index (κ1) is 32.5. The summed E-state index contributed by atoms with van der Waals surface area (Å²) in [6.45, 7) is 8.79. The second-order valence-corrected chi connectivity index (χ2v) is 10.3. The fourth-order valence-electron chi connectivity index (χ4n) is 5.18. The summed E-state index contributed by atoms with van der Waals surface area (Å²) in [4.78, 5) is 9.85. The van der Waals surface area contributed by atoms with E-state index in [2.05, 4.69) is 137 Å². The van der Waals surface area contributed by atoms with Crippen molar-refractivity contribution in [1.29, 1.82) is 0 Å². The number of benzene rings is 4. The molecule has 0 aliphatic carbocycles. The molecular weight excluding hydrogens is 567 g/mol. The van der Waals surface area contributed by atoms with Crippen molar-refractivity contribution in [2.45, 2.75) is 72.6 Å². The number of nitrogens with zero attached hydrogens (tertiary/aromatic N) is 2. The topological polar surface area (TPSA) is 24.7 Å². The average molecular weight is 609 g/mol. The molecule has 0 atom stereocenters. The summed E-state index contributed by atoms with van der Waals surface area (Å²) in [6.07, 6.45) is 9.85. The van der Waals surface area contributed by atoms with Crippen molar-refractivity contribution in [2.75, 3.05) is 0 Å². The fourth-order valence-corrected chi connectivity index (χ4v) is 5.18. The molecule has 217 valence electrons. The van der Waals surface area contributed by atoms with Gasteiger partial charge in [0.05, 0.1) is 17.1 Å². The Balaban J connectivity index is 0.00000226. The summed E-state index contributed by atoms with van der Waals surface area (Å²) < 4.78 is 0. The molecule has 0 fully saturated rings. The third kappa shape index (κ3) is 9.52. The zero-order valence-electron chi connectivity index (χ0n) is 24.8. The minimum atomic E-state index is 0.895. The van der Waals surface area contributed by atoms with Crippen LogP contribution < -0.4 is 0 Å². The van der Waals surface area contributed by atoms with Crippen molar-refractivity contribution in [3.8, 4) is 22.3 Å². The molecule has 0 amide bonds. The number of halogens is 1. The van der Waals surface area contributed by atoms with Gasteiger partial charge >= 0.3 is 24.8 Å². The van der Waals surface area contributed by atoms with Crippen molar-refractivity contribution in [2.24, 2.45) is 9.98 Å². The Morgan fingerprint density at radius 3 is 1.83 bits per heavy atom. The van der Waals surface area contributed by atoms with E-state index in [9.17, 15) is 0 Å². The summed E-state index contributed by atoms with van der Waals surface area (Å²) in [5.74, 6) is 0. The fraction of sp³-hybridized carbons (Fsp3) is 0.297. The van der Waals surface area contributed by atoms with Crippen LogP contribution in [0.1, 0.15) is 70.1 Å². The van der Waals surface area contributed by atoms with Crippen LogP contribution in [0.25, 0.3) is 22.3 Å². The molecule has 2 nitrogen and oxygen atoms in total. The molecule has 41 heavy (non-hydrogen) atoms. The minimum absolute atomic E-state index is 0.895. The first-order chi connectivity index (χ1) is 20.1. The van der Waals surface area contributed by atoms with Crippen molar-refractivity contribution in [3.63, 3.8) is 0 Å². The first-order valence-corrected chi connectivity index (χ1v) is 16.1. The van der Waals surface area contributed by atoms with E-state index >= 15 is 0 Å². The van der Waals surface area contributed by atoms with Crippen LogP contribution >= 0.6 is 10.2 Å². The van der Waals surface area contributed by atoms with Gasteiger partial charge in [0.1, 0.15) is 0 Å². The maximum atomic E-state index is 4.94. The SMILES string of the molecule is CCCCc1ccc(N=C(C)C=Nc2cc(CCCC)c(CC)c(-c3ccccc3)c2)cc1-c1ccccc1.[Cl][Ni]. The Bertz CT molecular complexity index is 1410. The third-order valence-corrected chi connectivity index (χ3v) is 7.25. The summed E-state index contributed by atoms with van der Waals surface area (Å²) in [5.41, 5.74) is 12.2. The van der Waals surface area contributed by atoms with E-state index in [0.29, 0.717) is 0 Å². The van der Waals surface area contributed by atoms with Crippen LogP contribution in [0.3, 0.4) is 0 Å². The number of aliphatic imine (C=N–C) groups is 2. The van der Waals surface area contributed by atoms with Gasteiger partial charge in [-0.1, -0.05) is 100 Å². The van der Waals surface area contributed by atoms with Crippen LogP contribution in [0.4, 0.5) is 11.4 Å². The Morgan fingerprint density at radius 2 is 1.24 bits per heavy atom. The summed E-state index contributed by atoms with van der Waals surface area (Å²) in [7, 11) is 4.26. The van der Waals surface area contributed by atoms with E-state index in [-0.39, 0.29) is 0 Å². The number of aryl methyl sites for hydroxylation is 2. The van der Waals surface area contributed by atoms with Gasteiger partial charge in [0.15, 0.2) is 0 Å². The van der Waals surface area contributed by atoms with Crippen molar-refractivity contribution in [1.82, 2.24) is 0 Å². The number of unbranched alkanes of at least 4 members (excludes halogenated alkanes) is 2. The monoisotopic (exact) mass is 607 g/mol. The van der Waals surface area contributed by atoms with Crippen molar-refractivity contribution in [3.05, 3.63) is 108 Å². The normalized spacial score (nSPS) is 11.4. The second-order valence-electron chi connectivity index (χ2n) is 10.3. The molecule has 4 rings (SSSR count). The number of hydrogen-bond donors (Lipinski definition) is 0. The van der Waals surface area contributed by atoms with E-state index in [1.807, 2.05) is 13.1 Å². The molecule has 0 saturated carbocycles. The second kappa shape index (κ2) is 17.7. The number of hydrogen-bond acceptors (Lipinski definition) is 2. The van der Waals surface area contributed by atoms with Crippen LogP contribution in [-0.2, 0) is 33.8 Å². The van der Waals surface area contributed by atoms with Gasteiger partial charge in [-0.3, -0.25) is 9.98 Å². The van der Waals surface area contributed by atoms with Crippen LogP contribution in [0, 0.1) is 0 Å². The van der Waals surface area contributed by atoms with Gasteiger partial charge in [-0.05, 0) is 102 Å². The molecule has 4 aromatic rings. The Kier molecular flexibility index (Phi) is 14.1. The average Bonchev–Trinajstić information content (AvgIpc) is 3.03. The predicted molar refractivity (Wildman–Crippen MR) is 177 cm³/mol. The van der Waals surface area contributed by atoms with Crippen molar-refractivity contribution < 1.29 is 14.6 Å². The van der Waals surface area contributed by atoms with Crippen LogP contribution in [0.5, 0.6) is 0 Å². The molecule has 0 unspecified atom stereocenters. The molecular formula is C37H42ClN2Ni. The third-order valence-electron chi connectivity index (χ3n) is 7.25. The molecule has 0 aromatic heterocycles. The molecule has 0 N–H and O–H groups in total. The molecule has 4 aromatic carbocycles. The van der Waals surface area contributed by atoms with E-state index in [4.69, 9.17) is 9.98 Å². The Morgan fingerprint density at radius 1 is 0.683 bits per heavy atom. The van der Waals surface area contributed by atoms with E-state index in [1.54, 1.807) is 0 Å². The van der Waals surface area contributed by atoms with Gasteiger partial charge in [0.25, 0.3) is 0 Å². The molecule has 0 bridgehead atoms. The van der Waals surface area contributed by atoms with Gasteiger partial charge < -0.3 is 0 Å². The predicted octanol–water partition coefficient (Wildman–Crippen LogP) is 11.5. The Labute approximate surface area is 259 Å². The van der Waals surface area contributed by atoms with Crippen molar-refractivity contribution >= 4 is 33.5 Å². The summed E-state index contributed by atoms with van der Waals surface area (Å²) >= 11 is 3.35. The molecule has 0 spiro atoms. The van der Waals surface area contributed by atoms with Gasteiger partial charge in [0, 0.05) is 6.21 Å². The van der Waals surface area contributed by atoms with Crippen LogP contribution in [0.2, 0.25) is 0 Å². The summed E-state index contributed by atoms with van der Waals surface area (Å²) in [6, 6.07) is 32.5. The van der Waals surface area contributed by atoms with Crippen LogP contribution in [0.15, 0.2) is 101 Å². The van der Waals surface area contributed by atoms with Crippen LogP contribution in [-0.4, -0.2) is 11.9 Å². The van der Waals surface area contributed by atoms with Gasteiger partial charge in [0.2, 0.25) is 0 Å². The molecule has 4 heteroatoms. The van der Waals surface area contributed by atoms with E-state index in [1.165, 1.54) is 64.6 Å². The zero-order valence-corrected chi connectivity index (χ0v) is 26.5. The zero-order chi connectivity index (χ0) is 29.5. The Hall–Kier alpha value is -3.00. The van der Waals surface area contributed by atoms with Gasteiger partial charge in [-0.25, -0.2) is 0 Å². The molecule has 0 radical (unpaired) electrons. The molecule has 0 saturated heterocycles. The molecule has 0 aliphatic rings. The van der Waals surface area contributed by atoms with E-state index in [0.717, 1.165) is 36.3 Å².